The number of hydrogen-bond donors (Lipinski definition) is 2. The second-order valence-electron chi connectivity index (χ2n) is 10.7. The standard InChI is InChI=1S/C34H26N4O10S2.2Na/c1-47-29-15-23(31(49(41,42)43)17-25(29)35-37-33-21-9-5-3-7-19(21)11-13-27(33)39)24-16-30(48-2)26(18-32(24)50(44,45)46)36-38-34-22-10-6-4-8-20(22)12-14-28(34)40;;/h3-18,35-36H,1-2H3,(H,41,42,43)(H,44,45,46);;/q;2*+1/p-2/b37-33-,38-34+;;. The Morgan fingerprint density at radius 2 is 0.923 bits per heavy atom. The summed E-state index contributed by atoms with van der Waals surface area (Å²) in [5.74, 6) is -1.16. The minimum Gasteiger partial charge on any atom is -0.744 e. The molecule has 0 atom stereocenters. The molecule has 0 amide bonds. The molecule has 0 saturated heterocycles. The Morgan fingerprint density at radius 3 is 1.27 bits per heavy atom. The minimum atomic E-state index is -5.37. The topological polar surface area (TPSA) is 216 Å². The summed E-state index contributed by atoms with van der Waals surface area (Å²) in [6.07, 6.45) is 5.85. The van der Waals surface area contributed by atoms with Gasteiger partial charge in [-0.2, -0.15) is 10.2 Å². The number of fused-ring (bicyclic) bond motifs is 2. The molecule has 0 spiro atoms. The van der Waals surface area contributed by atoms with Crippen LogP contribution in [0.2, 0.25) is 0 Å². The number of hydrogen-bond acceptors (Lipinski definition) is 14. The van der Waals surface area contributed by atoms with Gasteiger partial charge in [-0.15, -0.1) is 0 Å². The second-order valence-corrected chi connectivity index (χ2v) is 13.4. The summed E-state index contributed by atoms with van der Waals surface area (Å²) in [5, 5.41) is 8.32. The van der Waals surface area contributed by atoms with Crippen molar-refractivity contribution in [3.05, 3.63) is 107 Å². The molecule has 14 nitrogen and oxygen atoms in total. The van der Waals surface area contributed by atoms with E-state index in [2.05, 4.69) is 21.1 Å². The van der Waals surface area contributed by atoms with E-state index in [9.17, 15) is 35.5 Å². The van der Waals surface area contributed by atoms with Crippen molar-refractivity contribution in [1.82, 2.24) is 0 Å². The molecule has 0 aromatic heterocycles. The molecule has 6 rings (SSSR count). The molecule has 4 aromatic carbocycles. The first kappa shape index (κ1) is 40.8. The molecular weight excluding hydrogens is 735 g/mol. The largest absolute Gasteiger partial charge is 1.00 e. The third-order valence-corrected chi connectivity index (χ3v) is 9.49. The molecule has 2 N–H and O–H groups in total. The van der Waals surface area contributed by atoms with Crippen LogP contribution in [0, 0.1) is 0 Å². The van der Waals surface area contributed by atoms with Crippen LogP contribution in [0.1, 0.15) is 22.3 Å². The zero-order valence-corrected chi connectivity index (χ0v) is 33.7. The van der Waals surface area contributed by atoms with Crippen LogP contribution in [0.25, 0.3) is 23.3 Å². The van der Waals surface area contributed by atoms with Gasteiger partial charge in [-0.1, -0.05) is 60.7 Å². The van der Waals surface area contributed by atoms with Gasteiger partial charge in [-0.3, -0.25) is 20.4 Å². The zero-order valence-electron chi connectivity index (χ0n) is 28.0. The van der Waals surface area contributed by atoms with Crippen molar-refractivity contribution in [3.8, 4) is 22.6 Å². The van der Waals surface area contributed by atoms with E-state index in [1.165, 1.54) is 26.4 Å². The third kappa shape index (κ3) is 8.31. The quantitative estimate of drug-likeness (QED) is 0.108. The van der Waals surface area contributed by atoms with Crippen LogP contribution < -0.4 is 79.4 Å². The number of nitrogens with one attached hydrogen (secondary N) is 2. The Morgan fingerprint density at radius 1 is 0.558 bits per heavy atom. The van der Waals surface area contributed by atoms with E-state index >= 15 is 0 Å². The van der Waals surface area contributed by atoms with E-state index in [0.717, 1.165) is 24.3 Å². The van der Waals surface area contributed by atoms with E-state index in [-0.39, 0.29) is 93.4 Å². The maximum Gasteiger partial charge on any atom is 1.00 e. The van der Waals surface area contributed by atoms with E-state index in [1.54, 1.807) is 60.7 Å². The molecule has 2 aliphatic rings. The van der Waals surface area contributed by atoms with Crippen LogP contribution in [0.3, 0.4) is 0 Å². The van der Waals surface area contributed by atoms with Crippen LogP contribution in [0.5, 0.6) is 11.5 Å². The maximum absolute atomic E-state index is 12.7. The fraction of sp³-hybridized carbons (Fsp3) is 0.0588. The fourth-order valence-corrected chi connectivity index (χ4v) is 6.80. The van der Waals surface area contributed by atoms with Crippen molar-refractivity contribution in [2.24, 2.45) is 10.2 Å². The Kier molecular flexibility index (Phi) is 12.9. The van der Waals surface area contributed by atoms with E-state index in [1.807, 2.05) is 0 Å². The van der Waals surface area contributed by atoms with Crippen LogP contribution in [0.15, 0.2) is 105 Å². The molecular formula is C34H24N4Na2O10S2. The van der Waals surface area contributed by atoms with Gasteiger partial charge in [-0.05, 0) is 47.5 Å². The van der Waals surface area contributed by atoms with Crippen molar-refractivity contribution in [2.75, 3.05) is 25.1 Å². The van der Waals surface area contributed by atoms with Gasteiger partial charge >= 0.3 is 59.1 Å². The molecule has 254 valence electrons. The summed E-state index contributed by atoms with van der Waals surface area (Å²) in [4.78, 5) is 23.4. The fourth-order valence-electron chi connectivity index (χ4n) is 5.40. The zero-order chi connectivity index (χ0) is 35.8. The Bertz CT molecular complexity index is 2290. The van der Waals surface area contributed by atoms with Crippen molar-refractivity contribution in [2.45, 2.75) is 9.79 Å². The molecule has 0 radical (unpaired) electrons. The molecule has 0 fully saturated rings. The summed E-state index contributed by atoms with van der Waals surface area (Å²) in [5.41, 5.74) is 6.16. The molecule has 0 saturated carbocycles. The summed E-state index contributed by atoms with van der Waals surface area (Å²) in [6, 6.07) is 17.6. The molecule has 18 heteroatoms. The molecule has 0 bridgehead atoms. The summed E-state index contributed by atoms with van der Waals surface area (Å²) in [7, 11) is -8.32. The van der Waals surface area contributed by atoms with Gasteiger partial charge in [0.15, 0.2) is 0 Å². The average molecular weight is 759 g/mol. The summed E-state index contributed by atoms with van der Waals surface area (Å²) in [6.45, 7) is 0. The number of carbonyl (C=O) groups excluding carboxylic acids is 2. The minimum absolute atomic E-state index is 0. The van der Waals surface area contributed by atoms with Gasteiger partial charge in [-0.25, -0.2) is 16.8 Å². The van der Waals surface area contributed by atoms with E-state index < -0.39 is 52.7 Å². The van der Waals surface area contributed by atoms with Gasteiger partial charge in [0, 0.05) is 22.3 Å². The van der Waals surface area contributed by atoms with Crippen LogP contribution in [0.4, 0.5) is 11.4 Å². The SMILES string of the molecule is COc1cc(-c2cc(OC)c(N/N=C3/C(=O)C=Cc4ccccc43)cc2S(=O)(=O)[O-])c(S(=O)(=O)[O-])cc1N/N=C1\C(=O)C=Cc2ccccc21.[Na+].[Na+]. The third-order valence-electron chi connectivity index (χ3n) is 7.74. The van der Waals surface area contributed by atoms with E-state index in [0.29, 0.717) is 22.3 Å². The Hall–Kier alpha value is -3.94. The van der Waals surface area contributed by atoms with Gasteiger partial charge in [0.25, 0.3) is 0 Å². The smallest absolute Gasteiger partial charge is 0.744 e. The number of benzene rings is 4. The van der Waals surface area contributed by atoms with Gasteiger partial charge in [0.2, 0.25) is 11.6 Å². The number of carbonyl (C=O) groups is 2. The van der Waals surface area contributed by atoms with Crippen molar-refractivity contribution in [3.63, 3.8) is 0 Å². The first-order valence-corrected chi connectivity index (χ1v) is 17.3. The summed E-state index contributed by atoms with van der Waals surface area (Å²) >= 11 is 0. The Balaban J connectivity index is 0.00000302. The first-order valence-electron chi connectivity index (χ1n) is 14.5. The number of nitrogens with zero attached hydrogens (tertiary/aromatic N) is 2. The number of rotatable bonds is 9. The van der Waals surface area contributed by atoms with Crippen molar-refractivity contribution in [1.29, 1.82) is 0 Å². The number of hydrazone groups is 2. The number of anilines is 2. The molecule has 52 heavy (non-hydrogen) atoms. The normalized spacial score (nSPS) is 14.9. The Labute approximate surface area is 342 Å². The molecule has 0 heterocycles. The number of ether oxygens (including phenoxy) is 2. The van der Waals surface area contributed by atoms with Crippen molar-refractivity contribution >= 4 is 66.8 Å². The second kappa shape index (κ2) is 16.4. The van der Waals surface area contributed by atoms with Crippen LogP contribution >= 0.6 is 0 Å². The average Bonchev–Trinajstić information content (AvgIpc) is 3.09. The van der Waals surface area contributed by atoms with Gasteiger partial charge in [0.05, 0.1) is 35.4 Å². The van der Waals surface area contributed by atoms with Crippen LogP contribution in [-0.2, 0) is 29.8 Å². The molecule has 0 unspecified atom stereocenters. The maximum atomic E-state index is 12.7. The van der Waals surface area contributed by atoms with Gasteiger partial charge in [0.1, 0.15) is 43.2 Å². The predicted molar refractivity (Wildman–Crippen MR) is 182 cm³/mol. The van der Waals surface area contributed by atoms with E-state index in [4.69, 9.17) is 9.47 Å². The number of methoxy groups -OCH3 is 2. The monoisotopic (exact) mass is 758 g/mol. The first-order chi connectivity index (χ1) is 23.8. The molecule has 4 aromatic rings. The van der Waals surface area contributed by atoms with Crippen LogP contribution in [-0.4, -0.2) is 63.2 Å². The molecule has 0 aliphatic heterocycles. The summed E-state index contributed by atoms with van der Waals surface area (Å²) < 4.78 is 86.7. The van der Waals surface area contributed by atoms with Gasteiger partial charge < -0.3 is 18.6 Å². The molecule has 2 aliphatic carbocycles. The number of allylic oxidation sites excluding steroid dienone is 2. The van der Waals surface area contributed by atoms with Crippen molar-refractivity contribution < 1.29 is 104 Å². The predicted octanol–water partition coefficient (Wildman–Crippen LogP) is -1.99. The number of ketones is 2.